The van der Waals surface area contributed by atoms with Crippen molar-refractivity contribution in [3.8, 4) is 5.88 Å². The van der Waals surface area contributed by atoms with Gasteiger partial charge >= 0.3 is 6.09 Å². The highest BCUT2D eigenvalue weighted by Gasteiger charge is 2.15. The van der Waals surface area contributed by atoms with Crippen LogP contribution in [0, 0.1) is 0 Å². The summed E-state index contributed by atoms with van der Waals surface area (Å²) in [5.74, 6) is 0.325. The molecule has 122 valence electrons. The zero-order chi connectivity index (χ0) is 16.9. The Balaban J connectivity index is 1.87. The lowest BCUT2D eigenvalue weighted by Crippen LogP contribution is -2.34. The number of aromatic nitrogens is 2. The Kier molecular flexibility index (Phi) is 5.10. The van der Waals surface area contributed by atoms with E-state index in [0.717, 1.165) is 6.29 Å². The molecule has 0 aliphatic carbocycles. The summed E-state index contributed by atoms with van der Waals surface area (Å²) in [7, 11) is 0. The molecule has 23 heavy (non-hydrogen) atoms. The quantitative estimate of drug-likeness (QED) is 0.672. The number of ether oxygens (including phenoxy) is 2. The van der Waals surface area contributed by atoms with Crippen LogP contribution in [0.3, 0.4) is 0 Å². The minimum absolute atomic E-state index is 0.229. The summed E-state index contributed by atoms with van der Waals surface area (Å²) in [5.41, 5.74) is 1.24. The van der Waals surface area contributed by atoms with Crippen LogP contribution in [0.5, 0.6) is 5.88 Å². The highest BCUT2D eigenvalue weighted by atomic mass is 16.6. The van der Waals surface area contributed by atoms with Crippen LogP contribution in [0.15, 0.2) is 24.4 Å². The maximum atomic E-state index is 11.5. The van der Waals surface area contributed by atoms with Crippen molar-refractivity contribution in [2.45, 2.75) is 26.4 Å². The summed E-state index contributed by atoms with van der Waals surface area (Å²) >= 11 is 0. The first-order valence-corrected chi connectivity index (χ1v) is 7.19. The summed E-state index contributed by atoms with van der Waals surface area (Å²) in [4.78, 5) is 30.7. The average Bonchev–Trinajstić information content (AvgIpc) is 2.49. The summed E-state index contributed by atoms with van der Waals surface area (Å²) in [6.07, 6.45) is 1.75. The van der Waals surface area contributed by atoms with Crippen molar-refractivity contribution in [2.24, 2.45) is 0 Å². The predicted molar refractivity (Wildman–Crippen MR) is 84.7 cm³/mol. The van der Waals surface area contributed by atoms with Gasteiger partial charge in [-0.05, 0) is 39.0 Å². The number of rotatable bonds is 5. The first kappa shape index (κ1) is 16.7. The van der Waals surface area contributed by atoms with Crippen LogP contribution in [0.1, 0.15) is 31.1 Å². The van der Waals surface area contributed by atoms with Gasteiger partial charge in [0, 0.05) is 5.56 Å². The molecule has 0 unspecified atom stereocenters. The fraction of sp³-hybridized carbons (Fsp3) is 0.375. The second kappa shape index (κ2) is 7.04. The number of hydrogen-bond donors (Lipinski definition) is 1. The molecule has 0 spiro atoms. The minimum Gasteiger partial charge on any atom is -0.475 e. The molecule has 1 aromatic carbocycles. The molecule has 7 nitrogen and oxygen atoms in total. The molecular formula is C16H19N3O4. The van der Waals surface area contributed by atoms with E-state index in [0.29, 0.717) is 22.5 Å². The SMILES string of the molecule is CC(C)(C)OC(=O)NCCOc1cnc2ccc(C=O)cc2n1. The Morgan fingerprint density at radius 3 is 2.78 bits per heavy atom. The number of carbonyl (C=O) groups excluding carboxylic acids is 2. The van der Waals surface area contributed by atoms with E-state index in [9.17, 15) is 9.59 Å². The van der Waals surface area contributed by atoms with Crippen LogP contribution in [0.4, 0.5) is 4.79 Å². The van der Waals surface area contributed by atoms with Gasteiger partial charge in [-0.2, -0.15) is 0 Å². The predicted octanol–water partition coefficient (Wildman–Crippen LogP) is 2.35. The molecule has 2 aromatic rings. The van der Waals surface area contributed by atoms with Gasteiger partial charge in [-0.25, -0.2) is 14.8 Å². The molecule has 0 radical (unpaired) electrons. The van der Waals surface area contributed by atoms with Crippen molar-refractivity contribution in [1.82, 2.24) is 15.3 Å². The van der Waals surface area contributed by atoms with Gasteiger partial charge in [-0.1, -0.05) is 0 Å². The van der Waals surface area contributed by atoms with Crippen LogP contribution in [0.25, 0.3) is 11.0 Å². The van der Waals surface area contributed by atoms with Crippen molar-refractivity contribution in [2.75, 3.05) is 13.2 Å². The van der Waals surface area contributed by atoms with Gasteiger partial charge in [0.05, 0.1) is 23.8 Å². The number of aldehydes is 1. The lowest BCUT2D eigenvalue weighted by atomic mass is 10.2. The Morgan fingerprint density at radius 2 is 2.09 bits per heavy atom. The smallest absolute Gasteiger partial charge is 0.407 e. The van der Waals surface area contributed by atoms with E-state index in [1.54, 1.807) is 39.0 Å². The zero-order valence-electron chi connectivity index (χ0n) is 13.3. The summed E-state index contributed by atoms with van der Waals surface area (Å²) in [5, 5.41) is 2.58. The summed E-state index contributed by atoms with van der Waals surface area (Å²) < 4.78 is 10.5. The van der Waals surface area contributed by atoms with Crippen molar-refractivity contribution < 1.29 is 19.1 Å². The third-order valence-corrected chi connectivity index (χ3v) is 2.70. The van der Waals surface area contributed by atoms with Crippen LogP contribution in [0.2, 0.25) is 0 Å². The standard InChI is InChI=1S/C16H19N3O4/c1-16(2,3)23-15(21)17-6-7-22-14-9-18-12-5-4-11(10-20)8-13(12)19-14/h4-5,8-10H,6-7H2,1-3H3,(H,17,21). The highest BCUT2D eigenvalue weighted by Crippen LogP contribution is 2.14. The van der Waals surface area contributed by atoms with Gasteiger partial charge in [0.2, 0.25) is 5.88 Å². The van der Waals surface area contributed by atoms with E-state index in [2.05, 4.69) is 15.3 Å². The van der Waals surface area contributed by atoms with Crippen LogP contribution < -0.4 is 10.1 Å². The number of nitrogens with zero attached hydrogens (tertiary/aromatic N) is 2. The van der Waals surface area contributed by atoms with E-state index >= 15 is 0 Å². The number of carbonyl (C=O) groups is 2. The summed E-state index contributed by atoms with van der Waals surface area (Å²) in [6, 6.07) is 5.04. The molecule has 0 saturated heterocycles. The van der Waals surface area contributed by atoms with Gasteiger partial charge in [0.15, 0.2) is 0 Å². The first-order chi connectivity index (χ1) is 10.9. The Bertz CT molecular complexity index is 710. The number of nitrogens with one attached hydrogen (secondary N) is 1. The number of benzene rings is 1. The third kappa shape index (κ3) is 5.21. The molecule has 1 heterocycles. The maximum Gasteiger partial charge on any atom is 0.407 e. The molecule has 1 aromatic heterocycles. The third-order valence-electron chi connectivity index (χ3n) is 2.70. The number of hydrogen-bond acceptors (Lipinski definition) is 6. The van der Waals surface area contributed by atoms with Crippen molar-refractivity contribution in [3.05, 3.63) is 30.0 Å². The molecule has 0 saturated carbocycles. The van der Waals surface area contributed by atoms with E-state index in [-0.39, 0.29) is 13.2 Å². The fourth-order valence-corrected chi connectivity index (χ4v) is 1.78. The fourth-order valence-electron chi connectivity index (χ4n) is 1.78. The Morgan fingerprint density at radius 1 is 1.30 bits per heavy atom. The van der Waals surface area contributed by atoms with Gasteiger partial charge in [0.25, 0.3) is 0 Å². The molecule has 0 fully saturated rings. The topological polar surface area (TPSA) is 90.4 Å². The van der Waals surface area contributed by atoms with Gasteiger partial charge in [-0.3, -0.25) is 4.79 Å². The molecule has 0 aliphatic heterocycles. The molecular weight excluding hydrogens is 298 g/mol. The average molecular weight is 317 g/mol. The second-order valence-electron chi connectivity index (χ2n) is 5.85. The number of amides is 1. The molecule has 1 N–H and O–H groups in total. The van der Waals surface area contributed by atoms with Gasteiger partial charge in [0.1, 0.15) is 18.5 Å². The molecule has 0 atom stereocenters. The molecule has 2 rings (SSSR count). The lowest BCUT2D eigenvalue weighted by molar-refractivity contribution is 0.0519. The van der Waals surface area contributed by atoms with E-state index in [1.807, 2.05) is 0 Å². The van der Waals surface area contributed by atoms with Crippen molar-refractivity contribution in [1.29, 1.82) is 0 Å². The summed E-state index contributed by atoms with van der Waals surface area (Å²) in [6.45, 7) is 5.89. The largest absolute Gasteiger partial charge is 0.475 e. The van der Waals surface area contributed by atoms with Crippen LogP contribution in [-0.2, 0) is 4.74 Å². The van der Waals surface area contributed by atoms with E-state index in [1.165, 1.54) is 6.20 Å². The molecule has 0 aliphatic rings. The van der Waals surface area contributed by atoms with E-state index < -0.39 is 11.7 Å². The molecule has 0 bridgehead atoms. The Labute approximate surface area is 134 Å². The van der Waals surface area contributed by atoms with Crippen LogP contribution in [-0.4, -0.2) is 41.1 Å². The zero-order valence-corrected chi connectivity index (χ0v) is 13.3. The van der Waals surface area contributed by atoms with Crippen molar-refractivity contribution in [3.63, 3.8) is 0 Å². The minimum atomic E-state index is -0.537. The highest BCUT2D eigenvalue weighted by molar-refractivity contribution is 5.84. The Hall–Kier alpha value is -2.70. The molecule has 7 heteroatoms. The number of fused-ring (bicyclic) bond motifs is 1. The monoisotopic (exact) mass is 317 g/mol. The first-order valence-electron chi connectivity index (χ1n) is 7.19. The number of alkyl carbamates (subject to hydrolysis) is 1. The lowest BCUT2D eigenvalue weighted by Gasteiger charge is -2.19. The van der Waals surface area contributed by atoms with Gasteiger partial charge in [-0.15, -0.1) is 0 Å². The van der Waals surface area contributed by atoms with Crippen LogP contribution >= 0.6 is 0 Å². The maximum absolute atomic E-state index is 11.5. The normalized spacial score (nSPS) is 11.1. The van der Waals surface area contributed by atoms with E-state index in [4.69, 9.17) is 9.47 Å². The van der Waals surface area contributed by atoms with Gasteiger partial charge < -0.3 is 14.8 Å². The van der Waals surface area contributed by atoms with Crippen molar-refractivity contribution >= 4 is 23.4 Å². The second-order valence-corrected chi connectivity index (χ2v) is 5.85. The molecule has 1 amide bonds.